The Hall–Kier alpha value is -1.69. The lowest BCUT2D eigenvalue weighted by Crippen LogP contribution is -2.45. The molecule has 0 saturated carbocycles. The molecule has 3 heterocycles. The molecule has 1 atom stereocenters. The minimum absolute atomic E-state index is 0.212. The van der Waals surface area contributed by atoms with Gasteiger partial charge in [0.05, 0.1) is 10.3 Å². The fourth-order valence-electron chi connectivity index (χ4n) is 1.85. The summed E-state index contributed by atoms with van der Waals surface area (Å²) in [6.45, 7) is 3.18. The van der Waals surface area contributed by atoms with E-state index in [2.05, 4.69) is 21.8 Å². The maximum atomic E-state index is 10.8. The van der Waals surface area contributed by atoms with E-state index in [1.165, 1.54) is 24.0 Å². The molecule has 3 rings (SSSR count). The Kier molecular flexibility index (Phi) is 2.25. The standard InChI is InChI=1S/C11H11N3O2S/c1-6-2-3-14(6)11-13-9-8(17-11)4-7(5-12-9)10(15)16/h4-6H,2-3H2,1H3,(H,15,16). The molecule has 0 spiro atoms. The van der Waals surface area contributed by atoms with Crippen LogP contribution in [0.2, 0.25) is 0 Å². The maximum Gasteiger partial charge on any atom is 0.337 e. The second-order valence-corrected chi connectivity index (χ2v) is 5.19. The molecule has 88 valence electrons. The Morgan fingerprint density at radius 1 is 1.65 bits per heavy atom. The fraction of sp³-hybridized carbons (Fsp3) is 0.364. The lowest BCUT2D eigenvalue weighted by molar-refractivity contribution is 0.0696. The van der Waals surface area contributed by atoms with Crippen LogP contribution in [-0.4, -0.2) is 33.6 Å². The van der Waals surface area contributed by atoms with Crippen molar-refractivity contribution in [2.75, 3.05) is 11.4 Å². The van der Waals surface area contributed by atoms with Gasteiger partial charge in [0.25, 0.3) is 0 Å². The zero-order chi connectivity index (χ0) is 12.0. The van der Waals surface area contributed by atoms with Gasteiger partial charge < -0.3 is 10.0 Å². The minimum atomic E-state index is -0.952. The number of carbonyl (C=O) groups is 1. The van der Waals surface area contributed by atoms with E-state index in [-0.39, 0.29) is 5.56 Å². The molecular weight excluding hydrogens is 238 g/mol. The van der Waals surface area contributed by atoms with Crippen LogP contribution in [0.4, 0.5) is 5.13 Å². The van der Waals surface area contributed by atoms with Crippen LogP contribution in [0.1, 0.15) is 23.7 Å². The van der Waals surface area contributed by atoms with E-state index < -0.39 is 5.97 Å². The number of hydrogen-bond donors (Lipinski definition) is 1. The minimum Gasteiger partial charge on any atom is -0.478 e. The molecule has 1 unspecified atom stereocenters. The van der Waals surface area contributed by atoms with Gasteiger partial charge in [0.2, 0.25) is 0 Å². The Bertz CT molecular complexity index is 595. The lowest BCUT2D eigenvalue weighted by atomic mass is 10.1. The van der Waals surface area contributed by atoms with Gasteiger partial charge in [0.1, 0.15) is 0 Å². The molecule has 0 amide bonds. The van der Waals surface area contributed by atoms with E-state index in [4.69, 9.17) is 5.11 Å². The predicted octanol–water partition coefficient (Wildman–Crippen LogP) is 1.99. The lowest BCUT2D eigenvalue weighted by Gasteiger charge is -2.38. The Balaban J connectivity index is 2.03. The van der Waals surface area contributed by atoms with Gasteiger partial charge >= 0.3 is 5.97 Å². The van der Waals surface area contributed by atoms with E-state index in [1.54, 1.807) is 6.07 Å². The molecule has 17 heavy (non-hydrogen) atoms. The first-order valence-corrected chi connectivity index (χ1v) is 6.23. The Morgan fingerprint density at radius 2 is 2.47 bits per heavy atom. The summed E-state index contributed by atoms with van der Waals surface area (Å²) in [5.74, 6) is -0.952. The van der Waals surface area contributed by atoms with Crippen molar-refractivity contribution in [3.05, 3.63) is 17.8 Å². The van der Waals surface area contributed by atoms with Gasteiger partial charge in [-0.15, -0.1) is 0 Å². The number of aromatic nitrogens is 2. The van der Waals surface area contributed by atoms with Crippen molar-refractivity contribution >= 4 is 32.8 Å². The highest BCUT2D eigenvalue weighted by Gasteiger charge is 2.26. The maximum absolute atomic E-state index is 10.8. The van der Waals surface area contributed by atoms with Crippen LogP contribution in [0.15, 0.2) is 12.3 Å². The first-order chi connectivity index (χ1) is 8.15. The Morgan fingerprint density at radius 3 is 3.06 bits per heavy atom. The van der Waals surface area contributed by atoms with Crippen molar-refractivity contribution < 1.29 is 9.90 Å². The summed E-state index contributed by atoms with van der Waals surface area (Å²) < 4.78 is 0.832. The van der Waals surface area contributed by atoms with E-state index >= 15 is 0 Å². The van der Waals surface area contributed by atoms with Gasteiger partial charge in [0.15, 0.2) is 10.8 Å². The van der Waals surface area contributed by atoms with Crippen molar-refractivity contribution in [3.63, 3.8) is 0 Å². The molecular formula is C11H11N3O2S. The normalized spacial score (nSPS) is 19.4. The van der Waals surface area contributed by atoms with Crippen LogP contribution in [0.3, 0.4) is 0 Å². The van der Waals surface area contributed by atoms with E-state index in [1.807, 2.05) is 0 Å². The number of carboxylic acid groups (broad SMARTS) is 1. The van der Waals surface area contributed by atoms with Gasteiger partial charge in [-0.2, -0.15) is 4.98 Å². The average molecular weight is 249 g/mol. The number of anilines is 1. The summed E-state index contributed by atoms with van der Waals surface area (Å²) in [4.78, 5) is 21.6. The predicted molar refractivity (Wildman–Crippen MR) is 65.8 cm³/mol. The molecule has 0 aliphatic carbocycles. The highest BCUT2D eigenvalue weighted by Crippen LogP contribution is 2.33. The number of rotatable bonds is 2. The van der Waals surface area contributed by atoms with E-state index in [9.17, 15) is 4.79 Å². The van der Waals surface area contributed by atoms with E-state index in [0.717, 1.165) is 16.4 Å². The van der Waals surface area contributed by atoms with Crippen LogP contribution in [0.5, 0.6) is 0 Å². The average Bonchev–Trinajstić information content (AvgIpc) is 2.68. The summed E-state index contributed by atoms with van der Waals surface area (Å²) in [5.41, 5.74) is 0.846. The molecule has 5 nitrogen and oxygen atoms in total. The van der Waals surface area contributed by atoms with Gasteiger partial charge in [-0.3, -0.25) is 0 Å². The Labute approximate surface area is 102 Å². The van der Waals surface area contributed by atoms with Crippen molar-refractivity contribution in [2.24, 2.45) is 0 Å². The molecule has 2 aromatic heterocycles. The highest BCUT2D eigenvalue weighted by molar-refractivity contribution is 7.22. The van der Waals surface area contributed by atoms with Gasteiger partial charge in [-0.1, -0.05) is 11.3 Å². The molecule has 1 fully saturated rings. The molecule has 2 aromatic rings. The first kappa shape index (κ1) is 10.5. The van der Waals surface area contributed by atoms with Crippen LogP contribution in [0.25, 0.3) is 10.3 Å². The number of pyridine rings is 1. The molecule has 0 radical (unpaired) electrons. The summed E-state index contributed by atoms with van der Waals surface area (Å²) in [6, 6.07) is 2.16. The number of carboxylic acids is 1. The number of thiazole rings is 1. The summed E-state index contributed by atoms with van der Waals surface area (Å²) in [6.07, 6.45) is 2.54. The van der Waals surface area contributed by atoms with Crippen molar-refractivity contribution in [3.8, 4) is 0 Å². The second kappa shape index (κ2) is 3.66. The summed E-state index contributed by atoms with van der Waals surface area (Å²) in [7, 11) is 0. The fourth-order valence-corrected chi connectivity index (χ4v) is 2.94. The first-order valence-electron chi connectivity index (χ1n) is 5.41. The number of aromatic carboxylic acids is 1. The summed E-state index contributed by atoms with van der Waals surface area (Å²) in [5, 5.41) is 9.83. The topological polar surface area (TPSA) is 66.3 Å². The highest BCUT2D eigenvalue weighted by atomic mass is 32.1. The molecule has 1 aliphatic heterocycles. The SMILES string of the molecule is CC1CCN1c1nc2ncc(C(=O)O)cc2s1. The monoisotopic (exact) mass is 249 g/mol. The smallest absolute Gasteiger partial charge is 0.337 e. The third kappa shape index (κ3) is 1.64. The zero-order valence-corrected chi connectivity index (χ0v) is 10.1. The quantitative estimate of drug-likeness (QED) is 0.881. The van der Waals surface area contributed by atoms with Gasteiger partial charge in [-0.05, 0) is 19.4 Å². The number of nitrogens with zero attached hydrogens (tertiary/aromatic N) is 3. The number of hydrogen-bond acceptors (Lipinski definition) is 5. The third-order valence-electron chi connectivity index (χ3n) is 3.05. The van der Waals surface area contributed by atoms with E-state index in [0.29, 0.717) is 11.7 Å². The molecule has 0 aromatic carbocycles. The van der Waals surface area contributed by atoms with Crippen LogP contribution in [-0.2, 0) is 0 Å². The number of fused-ring (bicyclic) bond motifs is 1. The summed E-state index contributed by atoms with van der Waals surface area (Å²) >= 11 is 1.51. The molecule has 0 bridgehead atoms. The van der Waals surface area contributed by atoms with Crippen molar-refractivity contribution in [1.82, 2.24) is 9.97 Å². The molecule has 1 saturated heterocycles. The largest absolute Gasteiger partial charge is 0.478 e. The molecule has 6 heteroatoms. The van der Waals surface area contributed by atoms with Crippen LogP contribution < -0.4 is 4.90 Å². The second-order valence-electron chi connectivity index (χ2n) is 4.18. The molecule has 1 aliphatic rings. The third-order valence-corrected chi connectivity index (χ3v) is 4.08. The van der Waals surface area contributed by atoms with Crippen molar-refractivity contribution in [1.29, 1.82) is 0 Å². The van der Waals surface area contributed by atoms with Crippen LogP contribution in [0, 0.1) is 0 Å². The van der Waals surface area contributed by atoms with Crippen molar-refractivity contribution in [2.45, 2.75) is 19.4 Å². The molecule has 1 N–H and O–H groups in total. The van der Waals surface area contributed by atoms with Crippen LogP contribution >= 0.6 is 11.3 Å². The van der Waals surface area contributed by atoms with Gasteiger partial charge in [0, 0.05) is 18.8 Å². The van der Waals surface area contributed by atoms with Gasteiger partial charge in [-0.25, -0.2) is 9.78 Å². The zero-order valence-electron chi connectivity index (χ0n) is 9.25.